The number of nitrogens with one attached hydrogen (secondary N) is 1. The molecule has 0 saturated heterocycles. The zero-order valence-electron chi connectivity index (χ0n) is 12.4. The molecular formula is C15H17BrN4OS. The average Bonchev–Trinajstić information content (AvgIpc) is 3.27. The molecule has 3 rings (SSSR count). The second-order valence-electron chi connectivity index (χ2n) is 5.43. The van der Waals surface area contributed by atoms with Crippen molar-refractivity contribution in [2.75, 3.05) is 5.32 Å². The summed E-state index contributed by atoms with van der Waals surface area (Å²) < 4.78 is 2.99. The molecule has 1 aliphatic rings. The molecular weight excluding hydrogens is 364 g/mol. The molecule has 0 unspecified atom stereocenters. The Balaban J connectivity index is 1.62. The van der Waals surface area contributed by atoms with Gasteiger partial charge in [-0.3, -0.25) is 4.79 Å². The fraction of sp³-hybridized carbons (Fsp3) is 0.400. The third-order valence-electron chi connectivity index (χ3n) is 3.57. The number of carbonyl (C=O) groups is 1. The molecule has 2 aromatic rings. The third-order valence-corrected chi connectivity index (χ3v) is 5.24. The molecule has 0 aliphatic heterocycles. The number of carbonyl (C=O) groups excluding carboxylic acids is 1. The number of thioether (sulfide) groups is 1. The van der Waals surface area contributed by atoms with Gasteiger partial charge in [-0.25, -0.2) is 0 Å². The van der Waals surface area contributed by atoms with Crippen LogP contribution in [0.1, 0.15) is 31.5 Å². The maximum Gasteiger partial charge on any atom is 0.237 e. The summed E-state index contributed by atoms with van der Waals surface area (Å²) in [7, 11) is 1.97. The van der Waals surface area contributed by atoms with Crippen LogP contribution >= 0.6 is 27.7 Å². The number of benzene rings is 1. The standard InChI is InChI=1S/C15H17BrN4OS/c1-9(14(21)17-12-7-5-11(16)6-8-12)22-15-19-18-13(20(15)2)10-3-4-10/h5-10H,3-4H2,1-2H3,(H,17,21)/t9-/m0/s1. The van der Waals surface area contributed by atoms with Crippen molar-refractivity contribution < 1.29 is 4.79 Å². The highest BCUT2D eigenvalue weighted by Gasteiger charge is 2.30. The minimum atomic E-state index is -0.237. The van der Waals surface area contributed by atoms with E-state index in [1.54, 1.807) is 0 Å². The molecule has 0 spiro atoms. The molecule has 1 saturated carbocycles. The summed E-state index contributed by atoms with van der Waals surface area (Å²) in [6.45, 7) is 1.88. The number of halogens is 1. The Morgan fingerprint density at radius 2 is 2.05 bits per heavy atom. The molecule has 7 heteroatoms. The molecule has 1 amide bonds. The summed E-state index contributed by atoms with van der Waals surface area (Å²) in [5, 5.41) is 11.9. The maximum atomic E-state index is 12.3. The van der Waals surface area contributed by atoms with Gasteiger partial charge in [-0.2, -0.15) is 0 Å². The topological polar surface area (TPSA) is 59.8 Å². The molecule has 0 bridgehead atoms. The van der Waals surface area contributed by atoms with Gasteiger partial charge in [-0.05, 0) is 44.0 Å². The highest BCUT2D eigenvalue weighted by atomic mass is 79.9. The third kappa shape index (κ3) is 3.52. The van der Waals surface area contributed by atoms with Gasteiger partial charge in [0.1, 0.15) is 5.82 Å². The lowest BCUT2D eigenvalue weighted by atomic mass is 10.3. The number of hydrogen-bond acceptors (Lipinski definition) is 4. The van der Waals surface area contributed by atoms with Gasteiger partial charge >= 0.3 is 0 Å². The minimum absolute atomic E-state index is 0.0386. The van der Waals surface area contributed by atoms with Gasteiger partial charge in [0.15, 0.2) is 5.16 Å². The Kier molecular flexibility index (Phi) is 4.54. The Hall–Kier alpha value is -1.34. The number of rotatable bonds is 5. The molecule has 116 valence electrons. The van der Waals surface area contributed by atoms with Gasteiger partial charge < -0.3 is 9.88 Å². The van der Waals surface area contributed by atoms with E-state index in [4.69, 9.17) is 0 Å². The van der Waals surface area contributed by atoms with Crippen LogP contribution in [0.25, 0.3) is 0 Å². The van der Waals surface area contributed by atoms with Crippen molar-refractivity contribution in [3.8, 4) is 0 Å². The predicted octanol–water partition coefficient (Wildman–Crippen LogP) is 3.57. The average molecular weight is 381 g/mol. The van der Waals surface area contributed by atoms with E-state index in [0.29, 0.717) is 5.92 Å². The van der Waals surface area contributed by atoms with Gasteiger partial charge in [0, 0.05) is 23.1 Å². The van der Waals surface area contributed by atoms with E-state index in [2.05, 4.69) is 31.4 Å². The molecule has 1 heterocycles. The van der Waals surface area contributed by atoms with Crippen LogP contribution in [0.4, 0.5) is 5.69 Å². The second kappa shape index (κ2) is 6.42. The first-order chi connectivity index (χ1) is 10.5. The fourth-order valence-electron chi connectivity index (χ4n) is 2.11. The highest BCUT2D eigenvalue weighted by molar-refractivity contribution is 9.10. The number of amides is 1. The molecule has 1 N–H and O–H groups in total. The van der Waals surface area contributed by atoms with E-state index >= 15 is 0 Å². The largest absolute Gasteiger partial charge is 0.325 e. The van der Waals surface area contributed by atoms with E-state index in [9.17, 15) is 4.79 Å². The number of hydrogen-bond donors (Lipinski definition) is 1. The second-order valence-corrected chi connectivity index (χ2v) is 7.65. The normalized spacial score (nSPS) is 15.6. The van der Waals surface area contributed by atoms with Crippen molar-refractivity contribution >= 4 is 39.3 Å². The SMILES string of the molecule is C[C@H](Sc1nnc(C2CC2)n1C)C(=O)Nc1ccc(Br)cc1. The summed E-state index contributed by atoms with van der Waals surface area (Å²) in [6.07, 6.45) is 2.38. The Labute approximate surface area is 142 Å². The van der Waals surface area contributed by atoms with Crippen LogP contribution in [0.5, 0.6) is 0 Å². The van der Waals surface area contributed by atoms with Crippen molar-refractivity contribution in [1.82, 2.24) is 14.8 Å². The Bertz CT molecular complexity index is 681. The first-order valence-corrected chi connectivity index (χ1v) is 8.84. The summed E-state index contributed by atoms with van der Waals surface area (Å²) in [5.41, 5.74) is 0.789. The summed E-state index contributed by atoms with van der Waals surface area (Å²) in [4.78, 5) is 12.3. The Morgan fingerprint density at radius 3 is 2.68 bits per heavy atom. The van der Waals surface area contributed by atoms with Crippen molar-refractivity contribution in [1.29, 1.82) is 0 Å². The predicted molar refractivity (Wildman–Crippen MR) is 91.1 cm³/mol. The first kappa shape index (κ1) is 15.6. The number of aromatic nitrogens is 3. The van der Waals surface area contributed by atoms with E-state index in [1.807, 2.05) is 42.8 Å². The van der Waals surface area contributed by atoms with Gasteiger partial charge in [0.25, 0.3) is 0 Å². The van der Waals surface area contributed by atoms with Crippen LogP contribution in [0, 0.1) is 0 Å². The molecule has 1 aliphatic carbocycles. The molecule has 1 aromatic carbocycles. The first-order valence-electron chi connectivity index (χ1n) is 7.17. The number of nitrogens with zero attached hydrogens (tertiary/aromatic N) is 3. The van der Waals surface area contributed by atoms with Crippen LogP contribution < -0.4 is 5.32 Å². The monoisotopic (exact) mass is 380 g/mol. The zero-order chi connectivity index (χ0) is 15.7. The number of anilines is 1. The molecule has 5 nitrogen and oxygen atoms in total. The van der Waals surface area contributed by atoms with Crippen molar-refractivity contribution in [3.05, 3.63) is 34.6 Å². The molecule has 1 aromatic heterocycles. The van der Waals surface area contributed by atoms with Crippen LogP contribution in [0.3, 0.4) is 0 Å². The highest BCUT2D eigenvalue weighted by Crippen LogP contribution is 2.39. The van der Waals surface area contributed by atoms with E-state index < -0.39 is 0 Å². The quantitative estimate of drug-likeness (QED) is 0.805. The Morgan fingerprint density at radius 1 is 1.36 bits per heavy atom. The van der Waals surface area contributed by atoms with Crippen LogP contribution in [0.2, 0.25) is 0 Å². The van der Waals surface area contributed by atoms with E-state index in [-0.39, 0.29) is 11.2 Å². The molecule has 0 radical (unpaired) electrons. The summed E-state index contributed by atoms with van der Waals surface area (Å²) in [5.74, 6) is 1.55. The van der Waals surface area contributed by atoms with Gasteiger partial charge in [0.05, 0.1) is 5.25 Å². The lowest BCUT2D eigenvalue weighted by Crippen LogP contribution is -2.22. The fourth-order valence-corrected chi connectivity index (χ4v) is 3.20. The summed E-state index contributed by atoms with van der Waals surface area (Å²) >= 11 is 4.81. The maximum absolute atomic E-state index is 12.3. The van der Waals surface area contributed by atoms with Gasteiger partial charge in [-0.15, -0.1) is 10.2 Å². The van der Waals surface area contributed by atoms with Gasteiger partial charge in [0.2, 0.25) is 5.91 Å². The minimum Gasteiger partial charge on any atom is -0.325 e. The van der Waals surface area contributed by atoms with Crippen LogP contribution in [0.15, 0.2) is 33.9 Å². The van der Waals surface area contributed by atoms with Gasteiger partial charge in [-0.1, -0.05) is 27.7 Å². The van der Waals surface area contributed by atoms with Crippen molar-refractivity contribution in [3.63, 3.8) is 0 Å². The van der Waals surface area contributed by atoms with Crippen molar-refractivity contribution in [2.45, 2.75) is 36.1 Å². The zero-order valence-corrected chi connectivity index (χ0v) is 14.8. The molecule has 22 heavy (non-hydrogen) atoms. The molecule has 1 fully saturated rings. The van der Waals surface area contributed by atoms with Crippen molar-refractivity contribution in [2.24, 2.45) is 7.05 Å². The lowest BCUT2D eigenvalue weighted by Gasteiger charge is -2.11. The molecule has 1 atom stereocenters. The smallest absolute Gasteiger partial charge is 0.237 e. The van der Waals surface area contributed by atoms with E-state index in [1.165, 1.54) is 24.6 Å². The lowest BCUT2D eigenvalue weighted by molar-refractivity contribution is -0.115. The summed E-state index contributed by atoms with van der Waals surface area (Å²) in [6, 6.07) is 7.54. The van der Waals surface area contributed by atoms with Crippen LogP contribution in [-0.4, -0.2) is 25.9 Å². The van der Waals surface area contributed by atoms with Crippen LogP contribution in [-0.2, 0) is 11.8 Å². The van der Waals surface area contributed by atoms with E-state index in [0.717, 1.165) is 21.1 Å².